The van der Waals surface area contributed by atoms with Crippen LogP contribution in [-0.2, 0) is 37.3 Å². The van der Waals surface area contributed by atoms with Gasteiger partial charge in [0.2, 0.25) is 0 Å². The van der Waals surface area contributed by atoms with Gasteiger partial charge >= 0.3 is 0 Å². The number of rotatable bonds is 8. The van der Waals surface area contributed by atoms with Crippen LogP contribution in [0.3, 0.4) is 0 Å². The second kappa shape index (κ2) is 18.7. The van der Waals surface area contributed by atoms with Crippen LogP contribution in [0.4, 0.5) is 0 Å². The molecule has 0 N–H and O–H groups in total. The summed E-state index contributed by atoms with van der Waals surface area (Å²) in [6.45, 7) is 18.6. The Balaban J connectivity index is 0.00000803. The monoisotopic (exact) mass is 1130 g/mol. The molecule has 0 spiro atoms. The van der Waals surface area contributed by atoms with E-state index in [2.05, 4.69) is 68.1 Å². The standard InChI is InChI=1S/C66H58N4O.Pt/c1-64(2,3)49-33-34-67-62(40-49)70-58-28-17-16-27-54(58)55-32-31-53(42-61(55)70)71-52-26-20-25-51(41-52)68-43-69(60-30-19-18-29-59(60)68)63-56(38-50(65(4,5)6)39-57(63)66(7,8)9)48-36-46(44-21-12-10-13-22-44)35-47(37-48)45-23-14-11-15-24-45;/h10-40H,1-9H3;/q-2;/i10D,11D,12D,13D,14D,15D,21D,22D,23D,24D,35D,36D,37D;. The van der Waals surface area contributed by atoms with Crippen LogP contribution in [0.15, 0.2) is 188 Å². The van der Waals surface area contributed by atoms with Gasteiger partial charge in [-0.15, -0.1) is 29.7 Å². The van der Waals surface area contributed by atoms with Crippen molar-refractivity contribution in [3.8, 4) is 62.1 Å². The number of pyridine rings is 1. The summed E-state index contributed by atoms with van der Waals surface area (Å²) in [6, 6.07) is 31.1. The van der Waals surface area contributed by atoms with E-state index in [0.717, 1.165) is 44.3 Å². The van der Waals surface area contributed by atoms with Crippen LogP contribution < -0.4 is 9.30 Å². The van der Waals surface area contributed by atoms with E-state index < -0.39 is 112 Å². The molecule has 0 aliphatic heterocycles. The molecule has 0 bridgehead atoms. The van der Waals surface area contributed by atoms with Gasteiger partial charge in [0.25, 0.3) is 6.33 Å². The Morgan fingerprint density at radius 2 is 1.18 bits per heavy atom. The first-order valence-corrected chi connectivity index (χ1v) is 23.6. The van der Waals surface area contributed by atoms with Gasteiger partial charge in [-0.25, -0.2) is 4.98 Å². The molecule has 0 radical (unpaired) electrons. The first-order chi connectivity index (χ1) is 39.5. The van der Waals surface area contributed by atoms with E-state index >= 15 is 0 Å². The largest absolute Gasteiger partial charge is 0.510 e. The Labute approximate surface area is 457 Å². The number of para-hydroxylation sites is 3. The number of hydrogen-bond acceptors (Lipinski definition) is 2. The molecule has 3 aromatic heterocycles. The fourth-order valence-electron chi connectivity index (χ4n) is 9.00. The molecule has 0 amide bonds. The van der Waals surface area contributed by atoms with Crippen molar-refractivity contribution < 1.29 is 48.2 Å². The average Bonchev–Trinajstić information content (AvgIpc) is 1.93. The number of fused-ring (bicyclic) bond motifs is 4. The third kappa shape index (κ3) is 9.12. The molecular weight excluding hydrogens is 1060 g/mol. The van der Waals surface area contributed by atoms with Crippen LogP contribution in [-0.4, -0.2) is 14.1 Å². The normalized spacial score (nSPS) is 14.7. The van der Waals surface area contributed by atoms with Crippen LogP contribution in [0.1, 0.15) is 96.8 Å². The Morgan fingerprint density at radius 1 is 0.556 bits per heavy atom. The summed E-state index contributed by atoms with van der Waals surface area (Å²) in [5.74, 6) is 1.55. The minimum atomic E-state index is -0.737. The van der Waals surface area contributed by atoms with Gasteiger partial charge in [-0.05, 0) is 114 Å². The van der Waals surface area contributed by atoms with Crippen molar-refractivity contribution in [3.05, 3.63) is 223 Å². The van der Waals surface area contributed by atoms with Crippen molar-refractivity contribution in [1.29, 1.82) is 0 Å². The zero-order chi connectivity index (χ0) is 60.5. The van der Waals surface area contributed by atoms with Gasteiger partial charge in [-0.3, -0.25) is 4.57 Å². The van der Waals surface area contributed by atoms with Crippen molar-refractivity contribution in [2.24, 2.45) is 0 Å². The number of imidazole rings is 1. The van der Waals surface area contributed by atoms with Gasteiger partial charge in [0, 0.05) is 44.3 Å². The van der Waals surface area contributed by atoms with Gasteiger partial charge in [0.15, 0.2) is 0 Å². The molecule has 0 aliphatic carbocycles. The molecule has 0 saturated heterocycles. The molecular formula is C66H58N4OPt-2. The summed E-state index contributed by atoms with van der Waals surface area (Å²) in [4.78, 5) is 4.83. The minimum Gasteiger partial charge on any atom is -0.510 e. The molecule has 3 heterocycles. The summed E-state index contributed by atoms with van der Waals surface area (Å²) in [5.41, 5.74) is 3.23. The summed E-state index contributed by atoms with van der Waals surface area (Å²) in [7, 11) is 0. The first-order valence-electron chi connectivity index (χ1n) is 30.1. The Morgan fingerprint density at radius 3 is 1.85 bits per heavy atom. The molecule has 72 heavy (non-hydrogen) atoms. The molecule has 0 atom stereocenters. The smallest absolute Gasteiger partial charge is 0.268 e. The molecule has 0 saturated carbocycles. The second-order valence-corrected chi connectivity index (χ2v) is 20.8. The molecule has 5 nitrogen and oxygen atoms in total. The van der Waals surface area contributed by atoms with E-state index in [1.165, 1.54) is 0 Å². The summed E-state index contributed by atoms with van der Waals surface area (Å²) >= 11 is 0. The van der Waals surface area contributed by atoms with Gasteiger partial charge in [0.1, 0.15) is 5.82 Å². The molecule has 0 aliphatic rings. The Hall–Kier alpha value is -7.33. The molecule has 0 fully saturated rings. The minimum absolute atomic E-state index is 0. The van der Waals surface area contributed by atoms with Gasteiger partial charge in [0.05, 0.1) is 34.5 Å². The molecule has 360 valence electrons. The Bertz CT molecular complexity index is 4430. The SMILES string of the molecule is [2H]c1c([2H])c([2H])c(-c2c([2H])c(-c3cc(C(C)(C)C)cc(C(C)(C)C)c3-[n+]3[c-]n(-c4[c-]c(Oc5[c-]c6c(cc5)c5ccccc5n6-c5cc(C(C)(C)C)ccn5)ccc4)c4ccccc43)c([2H])c(-c3c([2H])c([2H])c([2H])c([2H])c3[2H])c2[2H])c([2H])c1[2H].[Pt]. The zero-order valence-corrected chi connectivity index (χ0v) is 43.7. The van der Waals surface area contributed by atoms with Crippen molar-refractivity contribution in [1.82, 2.24) is 14.1 Å². The van der Waals surface area contributed by atoms with Crippen molar-refractivity contribution in [2.45, 2.75) is 78.6 Å². The topological polar surface area (TPSA) is 35.9 Å². The van der Waals surface area contributed by atoms with Gasteiger partial charge < -0.3 is 13.9 Å². The number of ether oxygens (including phenoxy) is 1. The quantitative estimate of drug-likeness (QED) is 0.112. The molecule has 8 aromatic carbocycles. The van der Waals surface area contributed by atoms with Gasteiger partial charge in [-0.2, -0.15) is 18.2 Å². The summed E-state index contributed by atoms with van der Waals surface area (Å²) in [6.07, 6.45) is 5.44. The van der Waals surface area contributed by atoms with E-state index in [4.69, 9.17) is 23.4 Å². The number of benzene rings is 8. The maximum atomic E-state index is 10.2. The third-order valence-electron chi connectivity index (χ3n) is 12.7. The van der Waals surface area contributed by atoms with Gasteiger partial charge in [-0.1, -0.05) is 183 Å². The first kappa shape index (κ1) is 34.9. The van der Waals surface area contributed by atoms with E-state index in [-0.39, 0.29) is 37.6 Å². The second-order valence-electron chi connectivity index (χ2n) is 20.8. The van der Waals surface area contributed by atoms with Crippen LogP contribution >= 0.6 is 0 Å². The predicted molar refractivity (Wildman–Crippen MR) is 292 cm³/mol. The van der Waals surface area contributed by atoms with Crippen LogP contribution in [0.5, 0.6) is 11.5 Å². The number of nitrogens with zero attached hydrogens (tertiary/aromatic N) is 4. The maximum absolute atomic E-state index is 10.2. The van der Waals surface area contributed by atoms with Crippen LogP contribution in [0, 0.1) is 18.5 Å². The van der Waals surface area contributed by atoms with E-state index in [9.17, 15) is 4.11 Å². The molecule has 11 rings (SSSR count). The van der Waals surface area contributed by atoms with Crippen molar-refractivity contribution in [2.75, 3.05) is 0 Å². The maximum Gasteiger partial charge on any atom is 0.268 e. The van der Waals surface area contributed by atoms with Crippen LogP contribution in [0.2, 0.25) is 0 Å². The van der Waals surface area contributed by atoms with Crippen molar-refractivity contribution >= 4 is 32.8 Å². The van der Waals surface area contributed by atoms with E-state index in [1.54, 1.807) is 6.07 Å². The number of hydrogen-bond donors (Lipinski definition) is 0. The van der Waals surface area contributed by atoms with E-state index in [1.807, 2.05) is 130 Å². The third-order valence-corrected chi connectivity index (χ3v) is 12.7. The predicted octanol–water partition coefficient (Wildman–Crippen LogP) is 16.5. The summed E-state index contributed by atoms with van der Waals surface area (Å²) < 4.78 is 131. The molecule has 0 unspecified atom stereocenters. The fourth-order valence-corrected chi connectivity index (χ4v) is 9.00. The summed E-state index contributed by atoms with van der Waals surface area (Å²) in [5, 5.41) is 2.01. The van der Waals surface area contributed by atoms with Crippen LogP contribution in [0.25, 0.3) is 83.4 Å². The Kier molecular flexibility index (Phi) is 9.06. The zero-order valence-electron chi connectivity index (χ0n) is 54.4. The van der Waals surface area contributed by atoms with E-state index in [0.29, 0.717) is 33.9 Å². The fraction of sp³-hybridized carbons (Fsp3) is 0.182. The number of aromatic nitrogens is 4. The average molecular weight is 1130 g/mol. The molecule has 11 aromatic rings. The molecule has 6 heteroatoms. The van der Waals surface area contributed by atoms with Crippen molar-refractivity contribution in [3.63, 3.8) is 0 Å².